The molecule has 1 aromatic carbocycles. The molecule has 7 heteroatoms. The maximum atomic E-state index is 4.37. The van der Waals surface area contributed by atoms with Crippen LogP contribution in [-0.2, 0) is 0 Å². The molecule has 0 aliphatic heterocycles. The molecule has 112 valence electrons. The summed E-state index contributed by atoms with van der Waals surface area (Å²) in [5, 5.41) is 21.8. The minimum Gasteiger partial charge on any atom is -0.254 e. The van der Waals surface area contributed by atoms with Gasteiger partial charge in [0.15, 0.2) is 10.0 Å². The van der Waals surface area contributed by atoms with Crippen LogP contribution in [-0.4, -0.2) is 31.6 Å². The minimum absolute atomic E-state index is 0.752. The number of hydrogen-bond donors (Lipinski definition) is 0. The molecule has 0 amide bonds. The smallest absolute Gasteiger partial charge is 0.169 e. The number of thioether (sulfide) groups is 1. The molecule has 0 saturated heterocycles. The highest BCUT2D eigenvalue weighted by molar-refractivity contribution is 7.98. The number of pyridine rings is 1. The number of aromatic nitrogens is 5. The first-order chi connectivity index (χ1) is 11.4. The summed E-state index contributed by atoms with van der Waals surface area (Å²) in [6.45, 7) is 0. The van der Waals surface area contributed by atoms with Crippen LogP contribution in [0.4, 0.5) is 0 Å². The number of hydrogen-bond acceptors (Lipinski definition) is 7. The van der Waals surface area contributed by atoms with E-state index < -0.39 is 0 Å². The van der Waals surface area contributed by atoms with Gasteiger partial charge in [-0.15, -0.1) is 32.2 Å². The summed E-state index contributed by atoms with van der Waals surface area (Å²) in [7, 11) is 0. The fourth-order valence-electron chi connectivity index (χ4n) is 2.30. The van der Waals surface area contributed by atoms with Crippen molar-refractivity contribution in [2.75, 3.05) is 6.26 Å². The van der Waals surface area contributed by atoms with Crippen molar-refractivity contribution in [3.05, 3.63) is 48.7 Å². The van der Waals surface area contributed by atoms with Crippen LogP contribution in [0.1, 0.15) is 0 Å². The molecule has 0 bridgehead atoms. The van der Waals surface area contributed by atoms with Gasteiger partial charge in [-0.3, -0.25) is 4.98 Å². The van der Waals surface area contributed by atoms with Gasteiger partial charge in [0.1, 0.15) is 16.4 Å². The highest BCUT2D eigenvalue weighted by atomic mass is 32.2. The molecule has 0 N–H and O–H groups in total. The van der Waals surface area contributed by atoms with Crippen molar-refractivity contribution >= 4 is 33.9 Å². The van der Waals surface area contributed by atoms with E-state index in [9.17, 15) is 0 Å². The second-order valence-electron chi connectivity index (χ2n) is 4.73. The zero-order chi connectivity index (χ0) is 15.6. The molecular weight excluding hydrogens is 326 g/mol. The van der Waals surface area contributed by atoms with Crippen molar-refractivity contribution in [1.29, 1.82) is 0 Å². The van der Waals surface area contributed by atoms with E-state index in [0.29, 0.717) is 0 Å². The third-order valence-corrected chi connectivity index (χ3v) is 5.00. The van der Waals surface area contributed by atoms with Gasteiger partial charge in [-0.2, -0.15) is 0 Å². The predicted molar refractivity (Wildman–Crippen MR) is 93.5 cm³/mol. The molecule has 4 aromatic rings. The molecule has 5 nitrogen and oxygen atoms in total. The van der Waals surface area contributed by atoms with Crippen molar-refractivity contribution in [2.45, 2.75) is 5.03 Å². The van der Waals surface area contributed by atoms with Gasteiger partial charge in [-0.05, 0) is 18.4 Å². The van der Waals surface area contributed by atoms with Gasteiger partial charge < -0.3 is 0 Å². The Hall–Kier alpha value is -2.38. The molecule has 0 atom stereocenters. The fourth-order valence-corrected chi connectivity index (χ4v) is 3.64. The molecule has 0 unspecified atom stereocenters. The lowest BCUT2D eigenvalue weighted by molar-refractivity contribution is 0.956. The Balaban J connectivity index is 1.86. The lowest BCUT2D eigenvalue weighted by atomic mass is 10.1. The third kappa shape index (κ3) is 2.58. The van der Waals surface area contributed by atoms with E-state index in [1.165, 1.54) is 11.3 Å². The van der Waals surface area contributed by atoms with Gasteiger partial charge in [-0.1, -0.05) is 41.7 Å². The summed E-state index contributed by atoms with van der Waals surface area (Å²) in [4.78, 5) is 4.31. The van der Waals surface area contributed by atoms with Crippen molar-refractivity contribution in [3.8, 4) is 21.4 Å². The largest absolute Gasteiger partial charge is 0.254 e. The second kappa shape index (κ2) is 6.02. The van der Waals surface area contributed by atoms with Gasteiger partial charge in [0, 0.05) is 17.0 Å². The zero-order valence-corrected chi connectivity index (χ0v) is 13.8. The maximum Gasteiger partial charge on any atom is 0.169 e. The molecule has 0 radical (unpaired) electrons. The number of benzene rings is 1. The molecule has 0 aliphatic rings. The van der Waals surface area contributed by atoms with E-state index in [4.69, 9.17) is 0 Å². The summed E-state index contributed by atoms with van der Waals surface area (Å²) in [6.07, 6.45) is 3.75. The average Bonchev–Trinajstić information content (AvgIpc) is 3.11. The average molecular weight is 337 g/mol. The monoisotopic (exact) mass is 337 g/mol. The van der Waals surface area contributed by atoms with Crippen LogP contribution in [0.15, 0.2) is 53.7 Å². The quantitative estimate of drug-likeness (QED) is 0.528. The first-order valence-electron chi connectivity index (χ1n) is 6.91. The SMILES string of the molecule is CSc1nnc(-c2nnc(-c3ccccn3)s2)c2ccccc12. The van der Waals surface area contributed by atoms with Crippen LogP contribution in [0.3, 0.4) is 0 Å². The Bertz CT molecular complexity index is 969. The molecule has 23 heavy (non-hydrogen) atoms. The number of nitrogens with zero attached hydrogens (tertiary/aromatic N) is 5. The first kappa shape index (κ1) is 14.2. The molecular formula is C16H11N5S2. The molecule has 3 aromatic heterocycles. The topological polar surface area (TPSA) is 64.5 Å². The Morgan fingerprint density at radius 1 is 0.826 bits per heavy atom. The fraction of sp³-hybridized carbons (Fsp3) is 0.0625. The maximum absolute atomic E-state index is 4.37. The second-order valence-corrected chi connectivity index (χ2v) is 6.50. The summed E-state index contributed by atoms with van der Waals surface area (Å²) in [5.74, 6) is 0. The van der Waals surface area contributed by atoms with E-state index >= 15 is 0 Å². The summed E-state index contributed by atoms with van der Waals surface area (Å²) >= 11 is 3.06. The van der Waals surface area contributed by atoms with Gasteiger partial charge in [-0.25, -0.2) is 0 Å². The summed E-state index contributed by atoms with van der Waals surface area (Å²) in [6, 6.07) is 13.8. The molecule has 3 heterocycles. The van der Waals surface area contributed by atoms with Gasteiger partial charge in [0.25, 0.3) is 0 Å². The normalized spacial score (nSPS) is 11.0. The molecule has 0 fully saturated rings. The predicted octanol–water partition coefficient (Wildman–Crippen LogP) is 3.93. The van der Waals surface area contributed by atoms with Crippen molar-refractivity contribution in [1.82, 2.24) is 25.4 Å². The Labute approximate surface area is 140 Å². The van der Waals surface area contributed by atoms with Crippen LogP contribution in [0, 0.1) is 0 Å². The molecule has 0 aliphatic carbocycles. The first-order valence-corrected chi connectivity index (χ1v) is 8.95. The van der Waals surface area contributed by atoms with Crippen LogP contribution < -0.4 is 0 Å². The van der Waals surface area contributed by atoms with E-state index in [-0.39, 0.29) is 0 Å². The van der Waals surface area contributed by atoms with E-state index in [1.807, 2.05) is 42.7 Å². The number of fused-ring (bicyclic) bond motifs is 1. The molecule has 0 saturated carbocycles. The van der Waals surface area contributed by atoms with E-state index in [1.54, 1.807) is 18.0 Å². The lowest BCUT2D eigenvalue weighted by Crippen LogP contribution is -1.92. The standard InChI is InChI=1S/C16H11N5S2/c1-22-14-11-7-3-2-6-10(11)13(18-19-14)16-21-20-15(23-16)12-8-4-5-9-17-12/h2-9H,1H3. The van der Waals surface area contributed by atoms with Crippen LogP contribution in [0.5, 0.6) is 0 Å². The van der Waals surface area contributed by atoms with Crippen molar-refractivity contribution < 1.29 is 0 Å². The van der Waals surface area contributed by atoms with Crippen LogP contribution >= 0.6 is 23.1 Å². The minimum atomic E-state index is 0.752. The summed E-state index contributed by atoms with van der Waals surface area (Å²) in [5.41, 5.74) is 1.58. The van der Waals surface area contributed by atoms with Gasteiger partial charge in [0.2, 0.25) is 0 Å². The highest BCUT2D eigenvalue weighted by Gasteiger charge is 2.15. The summed E-state index contributed by atoms with van der Waals surface area (Å²) < 4.78 is 0. The third-order valence-electron chi connectivity index (χ3n) is 3.36. The highest BCUT2D eigenvalue weighted by Crippen LogP contribution is 2.34. The van der Waals surface area contributed by atoms with Gasteiger partial charge >= 0.3 is 0 Å². The van der Waals surface area contributed by atoms with Crippen LogP contribution in [0.25, 0.3) is 32.2 Å². The van der Waals surface area contributed by atoms with Gasteiger partial charge in [0.05, 0.1) is 0 Å². The zero-order valence-electron chi connectivity index (χ0n) is 12.2. The van der Waals surface area contributed by atoms with Crippen LogP contribution in [0.2, 0.25) is 0 Å². The van der Waals surface area contributed by atoms with E-state index in [2.05, 4.69) is 31.4 Å². The Morgan fingerprint density at radius 3 is 2.39 bits per heavy atom. The Morgan fingerprint density at radius 2 is 1.61 bits per heavy atom. The molecule has 0 spiro atoms. The lowest BCUT2D eigenvalue weighted by Gasteiger charge is -2.04. The van der Waals surface area contributed by atoms with E-state index in [0.717, 1.165) is 37.2 Å². The number of rotatable bonds is 3. The van der Waals surface area contributed by atoms with Crippen molar-refractivity contribution in [3.63, 3.8) is 0 Å². The van der Waals surface area contributed by atoms with Crippen molar-refractivity contribution in [2.24, 2.45) is 0 Å². The Kier molecular flexibility index (Phi) is 3.72. The molecule has 4 rings (SSSR count).